The number of aromatic nitrogens is 4. The standard InChI is InChI=1S/C19H22N6O2/c1-13-21-8-3-14(23-13)16(26)24-18-4-2-5-19(12-18,7-6-18)25-17(27)15-11-20-9-10-22-15/h3,8-11H,2,4-7,12H2,1H3,(H,24,26)(H,25,27)/t18-,19-/m1/s1. The van der Waals surface area contributed by atoms with Crippen LogP contribution in [0.2, 0.25) is 0 Å². The Hall–Kier alpha value is -2.90. The molecule has 4 rings (SSSR count). The van der Waals surface area contributed by atoms with Gasteiger partial charge in [0.15, 0.2) is 0 Å². The van der Waals surface area contributed by atoms with Crippen LogP contribution in [0.4, 0.5) is 0 Å². The molecule has 140 valence electrons. The van der Waals surface area contributed by atoms with Gasteiger partial charge in [0.2, 0.25) is 0 Å². The Morgan fingerprint density at radius 1 is 0.926 bits per heavy atom. The maximum absolute atomic E-state index is 12.7. The largest absolute Gasteiger partial charge is 0.345 e. The Labute approximate surface area is 157 Å². The second kappa shape index (κ2) is 6.68. The molecule has 0 aliphatic heterocycles. The van der Waals surface area contributed by atoms with E-state index in [0.29, 0.717) is 17.2 Å². The zero-order valence-electron chi connectivity index (χ0n) is 15.2. The van der Waals surface area contributed by atoms with Crippen molar-refractivity contribution < 1.29 is 9.59 Å². The first kappa shape index (κ1) is 17.5. The zero-order valence-corrected chi connectivity index (χ0v) is 15.2. The summed E-state index contributed by atoms with van der Waals surface area (Å²) in [5.41, 5.74) is 0.0879. The fraction of sp³-hybridized carbons (Fsp3) is 0.474. The minimum Gasteiger partial charge on any atom is -0.345 e. The van der Waals surface area contributed by atoms with E-state index >= 15 is 0 Å². The van der Waals surface area contributed by atoms with E-state index in [1.807, 2.05) is 0 Å². The Morgan fingerprint density at radius 3 is 2.26 bits per heavy atom. The lowest BCUT2D eigenvalue weighted by atomic mass is 9.78. The van der Waals surface area contributed by atoms with E-state index in [0.717, 1.165) is 38.5 Å². The van der Waals surface area contributed by atoms with Crippen molar-refractivity contribution in [3.05, 3.63) is 48.1 Å². The monoisotopic (exact) mass is 366 g/mol. The first-order chi connectivity index (χ1) is 13.0. The minimum atomic E-state index is -0.304. The normalized spacial score (nSPS) is 26.4. The third-order valence-electron chi connectivity index (χ3n) is 5.63. The van der Waals surface area contributed by atoms with Crippen LogP contribution >= 0.6 is 0 Å². The van der Waals surface area contributed by atoms with Crippen molar-refractivity contribution in [2.45, 2.75) is 56.5 Å². The molecule has 0 spiro atoms. The van der Waals surface area contributed by atoms with Crippen LogP contribution in [-0.4, -0.2) is 42.8 Å². The SMILES string of the molecule is Cc1nccc(C(=O)N[C@]23CCC[C@@](NC(=O)c4cnccn4)(CC2)C3)n1. The fourth-order valence-corrected chi connectivity index (χ4v) is 4.44. The second-order valence-corrected chi connectivity index (χ2v) is 7.58. The summed E-state index contributed by atoms with van der Waals surface area (Å²) in [6.07, 6.45) is 11.3. The molecule has 27 heavy (non-hydrogen) atoms. The van der Waals surface area contributed by atoms with Crippen LogP contribution in [0.1, 0.15) is 65.3 Å². The van der Waals surface area contributed by atoms with Gasteiger partial charge in [0.05, 0.1) is 6.20 Å². The van der Waals surface area contributed by atoms with E-state index in [1.54, 1.807) is 25.4 Å². The number of carbonyl (C=O) groups is 2. The number of amides is 2. The Bertz CT molecular complexity index is 874. The highest BCUT2D eigenvalue weighted by Gasteiger charge is 2.52. The molecule has 2 aliphatic rings. The molecular formula is C19H22N6O2. The zero-order chi connectivity index (χ0) is 18.9. The first-order valence-electron chi connectivity index (χ1n) is 9.20. The van der Waals surface area contributed by atoms with E-state index in [4.69, 9.17) is 0 Å². The molecule has 0 radical (unpaired) electrons. The van der Waals surface area contributed by atoms with Crippen molar-refractivity contribution in [1.29, 1.82) is 0 Å². The van der Waals surface area contributed by atoms with Gasteiger partial charge in [-0.3, -0.25) is 14.6 Å². The molecule has 2 saturated carbocycles. The average molecular weight is 366 g/mol. The van der Waals surface area contributed by atoms with Crippen LogP contribution in [-0.2, 0) is 0 Å². The lowest BCUT2D eigenvalue weighted by molar-refractivity contribution is 0.0826. The van der Waals surface area contributed by atoms with Crippen molar-refractivity contribution in [3.8, 4) is 0 Å². The molecule has 2 bridgehead atoms. The van der Waals surface area contributed by atoms with Crippen LogP contribution in [0.25, 0.3) is 0 Å². The summed E-state index contributed by atoms with van der Waals surface area (Å²) in [6.45, 7) is 1.76. The van der Waals surface area contributed by atoms with Gasteiger partial charge in [-0.05, 0) is 51.5 Å². The quantitative estimate of drug-likeness (QED) is 0.850. The molecular weight excluding hydrogens is 344 g/mol. The summed E-state index contributed by atoms with van der Waals surface area (Å²) < 4.78 is 0. The molecule has 2 heterocycles. The van der Waals surface area contributed by atoms with Crippen molar-refractivity contribution in [1.82, 2.24) is 30.6 Å². The molecule has 2 aromatic heterocycles. The van der Waals surface area contributed by atoms with Crippen molar-refractivity contribution >= 4 is 11.8 Å². The Kier molecular flexibility index (Phi) is 4.33. The molecule has 2 fully saturated rings. The third kappa shape index (κ3) is 3.51. The maximum Gasteiger partial charge on any atom is 0.271 e. The van der Waals surface area contributed by atoms with Gasteiger partial charge < -0.3 is 10.6 Å². The third-order valence-corrected chi connectivity index (χ3v) is 5.63. The molecule has 2 aromatic rings. The summed E-state index contributed by atoms with van der Waals surface area (Å²) in [7, 11) is 0. The van der Waals surface area contributed by atoms with Gasteiger partial charge in [0.1, 0.15) is 17.2 Å². The lowest BCUT2D eigenvalue weighted by Gasteiger charge is -2.40. The summed E-state index contributed by atoms with van der Waals surface area (Å²) in [6, 6.07) is 1.62. The Balaban J connectivity index is 1.48. The highest BCUT2D eigenvalue weighted by Crippen LogP contribution is 2.48. The topological polar surface area (TPSA) is 110 Å². The molecule has 0 unspecified atom stereocenters. The molecule has 0 aromatic carbocycles. The molecule has 8 heteroatoms. The number of fused-ring (bicyclic) bond motifs is 2. The second-order valence-electron chi connectivity index (χ2n) is 7.58. The fourth-order valence-electron chi connectivity index (χ4n) is 4.44. The van der Waals surface area contributed by atoms with Gasteiger partial charge in [-0.2, -0.15) is 0 Å². The first-order valence-corrected chi connectivity index (χ1v) is 9.20. The minimum absolute atomic E-state index is 0.182. The van der Waals surface area contributed by atoms with Crippen molar-refractivity contribution in [2.24, 2.45) is 0 Å². The molecule has 2 amide bonds. The number of nitrogens with zero attached hydrogens (tertiary/aromatic N) is 4. The van der Waals surface area contributed by atoms with Crippen LogP contribution < -0.4 is 10.6 Å². The number of hydrogen-bond acceptors (Lipinski definition) is 6. The molecule has 8 nitrogen and oxygen atoms in total. The molecule has 2 atom stereocenters. The van der Waals surface area contributed by atoms with Crippen molar-refractivity contribution in [2.75, 3.05) is 0 Å². The van der Waals surface area contributed by atoms with E-state index in [2.05, 4.69) is 30.6 Å². The van der Waals surface area contributed by atoms with Crippen LogP contribution in [0.5, 0.6) is 0 Å². The maximum atomic E-state index is 12.7. The number of aryl methyl sites for hydroxylation is 1. The Morgan fingerprint density at radius 2 is 1.63 bits per heavy atom. The highest BCUT2D eigenvalue weighted by atomic mass is 16.2. The smallest absolute Gasteiger partial charge is 0.271 e. The average Bonchev–Trinajstić information content (AvgIpc) is 2.92. The van der Waals surface area contributed by atoms with E-state index in [9.17, 15) is 9.59 Å². The van der Waals surface area contributed by atoms with Crippen LogP contribution in [0.3, 0.4) is 0 Å². The van der Waals surface area contributed by atoms with Gasteiger partial charge in [0.25, 0.3) is 11.8 Å². The number of nitrogens with one attached hydrogen (secondary N) is 2. The summed E-state index contributed by atoms with van der Waals surface area (Å²) in [4.78, 5) is 41.5. The van der Waals surface area contributed by atoms with E-state index in [1.165, 1.54) is 12.4 Å². The number of carbonyl (C=O) groups excluding carboxylic acids is 2. The van der Waals surface area contributed by atoms with Gasteiger partial charge in [0, 0.05) is 29.7 Å². The van der Waals surface area contributed by atoms with Gasteiger partial charge in [-0.25, -0.2) is 15.0 Å². The highest BCUT2D eigenvalue weighted by molar-refractivity contribution is 5.93. The van der Waals surface area contributed by atoms with Gasteiger partial charge >= 0.3 is 0 Å². The summed E-state index contributed by atoms with van der Waals surface area (Å²) >= 11 is 0. The molecule has 0 saturated heterocycles. The molecule has 2 aliphatic carbocycles. The predicted molar refractivity (Wildman–Crippen MR) is 96.9 cm³/mol. The van der Waals surface area contributed by atoms with Crippen molar-refractivity contribution in [3.63, 3.8) is 0 Å². The molecule has 2 N–H and O–H groups in total. The van der Waals surface area contributed by atoms with Crippen LogP contribution in [0.15, 0.2) is 30.9 Å². The van der Waals surface area contributed by atoms with Crippen LogP contribution in [0, 0.1) is 6.92 Å². The predicted octanol–water partition coefficient (Wildman–Crippen LogP) is 1.58. The summed E-state index contributed by atoms with van der Waals surface area (Å²) in [5, 5.41) is 6.37. The number of rotatable bonds is 4. The lowest BCUT2D eigenvalue weighted by Crippen LogP contribution is -2.55. The van der Waals surface area contributed by atoms with E-state index in [-0.39, 0.29) is 22.9 Å². The van der Waals surface area contributed by atoms with Gasteiger partial charge in [-0.1, -0.05) is 0 Å². The number of hydrogen-bond donors (Lipinski definition) is 2. The summed E-state index contributed by atoms with van der Waals surface area (Å²) in [5.74, 6) is 0.179. The van der Waals surface area contributed by atoms with Gasteiger partial charge in [-0.15, -0.1) is 0 Å². The van der Waals surface area contributed by atoms with E-state index < -0.39 is 0 Å².